The molecule has 2 aliphatic heterocycles. The lowest BCUT2D eigenvalue weighted by atomic mass is 10.1. The van der Waals surface area contributed by atoms with E-state index in [0.717, 1.165) is 17.7 Å². The van der Waals surface area contributed by atoms with Crippen molar-refractivity contribution in [2.24, 2.45) is 0 Å². The van der Waals surface area contributed by atoms with Crippen LogP contribution in [-0.4, -0.2) is 49.6 Å². The van der Waals surface area contributed by atoms with Gasteiger partial charge in [-0.1, -0.05) is 12.1 Å². The van der Waals surface area contributed by atoms with Crippen LogP contribution in [0.5, 0.6) is 0 Å². The Hall–Kier alpha value is -3.52. The lowest BCUT2D eigenvalue weighted by molar-refractivity contribution is -0.124. The summed E-state index contributed by atoms with van der Waals surface area (Å²) in [4.78, 5) is 50.1. The van der Waals surface area contributed by atoms with Gasteiger partial charge in [-0.2, -0.15) is 0 Å². The summed E-state index contributed by atoms with van der Waals surface area (Å²) in [5, 5.41) is 2.67. The molecule has 154 valence electrons. The van der Waals surface area contributed by atoms with Gasteiger partial charge in [0, 0.05) is 13.2 Å². The molecule has 1 N–H and O–H groups in total. The largest absolute Gasteiger partial charge is 0.452 e. The van der Waals surface area contributed by atoms with E-state index in [2.05, 4.69) is 5.32 Å². The second kappa shape index (κ2) is 8.46. The molecule has 8 nitrogen and oxygen atoms in total. The number of nitrogens with one attached hydrogen (secondary N) is 1. The summed E-state index contributed by atoms with van der Waals surface area (Å²) in [6, 6.07) is 12.5. The van der Waals surface area contributed by atoms with Crippen LogP contribution >= 0.6 is 0 Å². The number of imide groups is 1. The van der Waals surface area contributed by atoms with Crippen molar-refractivity contribution in [1.82, 2.24) is 5.32 Å². The van der Waals surface area contributed by atoms with Crippen LogP contribution in [0.1, 0.15) is 43.9 Å². The summed E-state index contributed by atoms with van der Waals surface area (Å²) in [6.45, 7) is 0.698. The minimum absolute atomic E-state index is 0.0133. The van der Waals surface area contributed by atoms with Gasteiger partial charge in [-0.05, 0) is 49.2 Å². The van der Waals surface area contributed by atoms with Crippen LogP contribution in [0.15, 0.2) is 48.5 Å². The fourth-order valence-electron chi connectivity index (χ4n) is 3.47. The molecule has 0 bridgehead atoms. The third-order valence-corrected chi connectivity index (χ3v) is 5.04. The summed E-state index contributed by atoms with van der Waals surface area (Å²) < 4.78 is 10.4. The van der Waals surface area contributed by atoms with Crippen molar-refractivity contribution < 1.29 is 28.7 Å². The van der Waals surface area contributed by atoms with E-state index in [-0.39, 0.29) is 11.7 Å². The summed E-state index contributed by atoms with van der Waals surface area (Å²) in [5.74, 6) is -1.89. The third-order valence-electron chi connectivity index (χ3n) is 5.04. The van der Waals surface area contributed by atoms with Crippen molar-refractivity contribution in [3.05, 3.63) is 65.2 Å². The predicted molar refractivity (Wildman–Crippen MR) is 106 cm³/mol. The maximum Gasteiger partial charge on any atom is 0.338 e. The number of rotatable bonds is 6. The highest BCUT2D eigenvalue weighted by molar-refractivity contribution is 6.34. The average Bonchev–Trinajstić information content (AvgIpc) is 3.38. The molecule has 4 rings (SSSR count). The number of ether oxygens (including phenoxy) is 2. The highest BCUT2D eigenvalue weighted by Crippen LogP contribution is 2.28. The zero-order chi connectivity index (χ0) is 21.1. The smallest absolute Gasteiger partial charge is 0.338 e. The van der Waals surface area contributed by atoms with Crippen LogP contribution in [0.2, 0.25) is 0 Å². The Bertz CT molecular complexity index is 960. The van der Waals surface area contributed by atoms with Crippen LogP contribution in [-0.2, 0) is 14.3 Å². The molecule has 1 unspecified atom stereocenters. The van der Waals surface area contributed by atoms with Crippen molar-refractivity contribution in [1.29, 1.82) is 0 Å². The molecule has 2 heterocycles. The molecule has 0 spiro atoms. The van der Waals surface area contributed by atoms with Crippen molar-refractivity contribution in [3.8, 4) is 0 Å². The van der Waals surface area contributed by atoms with Gasteiger partial charge in [0.05, 0.1) is 28.5 Å². The van der Waals surface area contributed by atoms with Gasteiger partial charge in [0.15, 0.2) is 6.61 Å². The summed E-state index contributed by atoms with van der Waals surface area (Å²) in [6.07, 6.45) is 1.89. The van der Waals surface area contributed by atoms with Gasteiger partial charge < -0.3 is 14.8 Å². The molecule has 2 aliphatic rings. The molecule has 0 saturated carbocycles. The molecule has 3 amide bonds. The second-order valence-corrected chi connectivity index (χ2v) is 7.05. The minimum Gasteiger partial charge on any atom is -0.452 e. The van der Waals surface area contributed by atoms with E-state index >= 15 is 0 Å². The highest BCUT2D eigenvalue weighted by atomic mass is 16.5. The Labute approximate surface area is 172 Å². The predicted octanol–water partition coefficient (Wildman–Crippen LogP) is 1.94. The topological polar surface area (TPSA) is 102 Å². The number of amides is 3. The number of carbonyl (C=O) groups excluding carboxylic acids is 4. The SMILES string of the molecule is O=C(COC(=O)c1ccc(N2C(=O)c3ccccc3C2=O)cc1)NCC1CCCO1. The van der Waals surface area contributed by atoms with Gasteiger partial charge in [-0.3, -0.25) is 14.4 Å². The number of hydrogen-bond donors (Lipinski definition) is 1. The van der Waals surface area contributed by atoms with E-state index in [0.29, 0.717) is 30.0 Å². The molecule has 30 heavy (non-hydrogen) atoms. The number of esters is 1. The van der Waals surface area contributed by atoms with Gasteiger partial charge in [-0.15, -0.1) is 0 Å². The van der Waals surface area contributed by atoms with Gasteiger partial charge in [0.25, 0.3) is 17.7 Å². The van der Waals surface area contributed by atoms with Crippen LogP contribution in [0.25, 0.3) is 0 Å². The number of nitrogens with zero attached hydrogens (tertiary/aromatic N) is 1. The van der Waals surface area contributed by atoms with Crippen molar-refractivity contribution >= 4 is 29.4 Å². The summed E-state index contributed by atoms with van der Waals surface area (Å²) >= 11 is 0. The van der Waals surface area contributed by atoms with Crippen molar-refractivity contribution in [2.75, 3.05) is 24.7 Å². The van der Waals surface area contributed by atoms with Crippen LogP contribution < -0.4 is 10.2 Å². The Morgan fingerprint density at radius 2 is 1.70 bits per heavy atom. The third kappa shape index (κ3) is 3.95. The molecule has 1 fully saturated rings. The molecule has 2 aromatic rings. The van der Waals surface area contributed by atoms with E-state index in [9.17, 15) is 19.2 Å². The molecular weight excluding hydrogens is 388 g/mol. The van der Waals surface area contributed by atoms with E-state index < -0.39 is 30.3 Å². The Kier molecular flexibility index (Phi) is 5.58. The number of carbonyl (C=O) groups is 4. The number of benzene rings is 2. The first-order valence-corrected chi connectivity index (χ1v) is 9.68. The zero-order valence-corrected chi connectivity index (χ0v) is 16.1. The number of fused-ring (bicyclic) bond motifs is 1. The van der Waals surface area contributed by atoms with Crippen molar-refractivity contribution in [3.63, 3.8) is 0 Å². The maximum atomic E-state index is 12.5. The molecule has 0 radical (unpaired) electrons. The first-order chi connectivity index (χ1) is 14.5. The van der Waals surface area contributed by atoms with Gasteiger partial charge in [0.1, 0.15) is 0 Å². The lowest BCUT2D eigenvalue weighted by Crippen LogP contribution is -2.34. The monoisotopic (exact) mass is 408 g/mol. The van der Waals surface area contributed by atoms with E-state index in [1.165, 1.54) is 24.3 Å². The molecule has 2 aromatic carbocycles. The minimum atomic E-state index is -0.670. The lowest BCUT2D eigenvalue weighted by Gasteiger charge is -2.14. The van der Waals surface area contributed by atoms with Gasteiger partial charge in [0.2, 0.25) is 0 Å². The van der Waals surface area contributed by atoms with Gasteiger partial charge >= 0.3 is 5.97 Å². The molecule has 0 aliphatic carbocycles. The Morgan fingerprint density at radius 1 is 1.03 bits per heavy atom. The van der Waals surface area contributed by atoms with E-state index in [1.54, 1.807) is 24.3 Å². The van der Waals surface area contributed by atoms with E-state index in [1.807, 2.05) is 0 Å². The zero-order valence-electron chi connectivity index (χ0n) is 16.1. The average molecular weight is 408 g/mol. The van der Waals surface area contributed by atoms with Crippen LogP contribution in [0.4, 0.5) is 5.69 Å². The maximum absolute atomic E-state index is 12.5. The molecule has 1 saturated heterocycles. The molecular formula is C22H20N2O6. The highest BCUT2D eigenvalue weighted by Gasteiger charge is 2.36. The van der Waals surface area contributed by atoms with Gasteiger partial charge in [-0.25, -0.2) is 9.69 Å². The fraction of sp³-hybridized carbons (Fsp3) is 0.273. The fourth-order valence-corrected chi connectivity index (χ4v) is 3.47. The molecule has 8 heteroatoms. The second-order valence-electron chi connectivity index (χ2n) is 7.05. The summed E-state index contributed by atoms with van der Waals surface area (Å²) in [5.41, 5.74) is 1.26. The first kappa shape index (κ1) is 19.8. The normalized spacial score (nSPS) is 17.7. The van der Waals surface area contributed by atoms with Crippen molar-refractivity contribution in [2.45, 2.75) is 18.9 Å². The molecule has 0 aromatic heterocycles. The van der Waals surface area contributed by atoms with E-state index in [4.69, 9.17) is 9.47 Å². The first-order valence-electron chi connectivity index (χ1n) is 9.68. The quantitative estimate of drug-likeness (QED) is 0.579. The number of hydrogen-bond acceptors (Lipinski definition) is 6. The van der Waals surface area contributed by atoms with Crippen LogP contribution in [0.3, 0.4) is 0 Å². The molecule has 1 atom stereocenters. The standard InChI is InChI=1S/C22H20N2O6/c25-19(23-12-16-4-3-11-29-16)13-30-22(28)14-7-9-15(10-8-14)24-20(26)17-5-1-2-6-18(17)21(24)27/h1-2,5-10,16H,3-4,11-13H2,(H,23,25). The number of anilines is 1. The summed E-state index contributed by atoms with van der Waals surface area (Å²) in [7, 11) is 0. The van der Waals surface area contributed by atoms with Crippen LogP contribution in [0, 0.1) is 0 Å². The Morgan fingerprint density at radius 3 is 2.30 bits per heavy atom. The Balaban J connectivity index is 1.33.